The first-order valence-corrected chi connectivity index (χ1v) is 9.83. The lowest BCUT2D eigenvalue weighted by Crippen LogP contribution is -2.27. The lowest BCUT2D eigenvalue weighted by atomic mass is 10.2. The van der Waals surface area contributed by atoms with Gasteiger partial charge in [0.05, 0.1) is 6.54 Å². The second-order valence-corrected chi connectivity index (χ2v) is 6.34. The van der Waals surface area contributed by atoms with Crippen molar-refractivity contribution in [2.45, 2.75) is 26.6 Å². The molecule has 0 bridgehead atoms. The minimum Gasteiger partial charge on any atom is -0.364 e. The number of halogens is 1. The fraction of sp³-hybridized carbons (Fsp3) is 0.400. The fourth-order valence-corrected chi connectivity index (χ4v) is 2.80. The van der Waals surface area contributed by atoms with Crippen LogP contribution in [0.2, 0.25) is 0 Å². The van der Waals surface area contributed by atoms with E-state index in [1.165, 1.54) is 24.3 Å². The van der Waals surface area contributed by atoms with E-state index in [0.717, 1.165) is 0 Å². The molecule has 0 aliphatic rings. The van der Waals surface area contributed by atoms with Crippen LogP contribution in [0.25, 0.3) is 5.65 Å². The quantitative estimate of drug-likeness (QED) is 0.461. The second kappa shape index (κ2) is 10.6. The van der Waals surface area contributed by atoms with Gasteiger partial charge in [0, 0.05) is 31.7 Å². The molecule has 1 aromatic carbocycles. The van der Waals surface area contributed by atoms with Crippen molar-refractivity contribution >= 4 is 17.4 Å². The van der Waals surface area contributed by atoms with Crippen molar-refractivity contribution in [1.82, 2.24) is 25.1 Å². The number of carbonyl (C=O) groups excluding carboxylic acids is 1. The normalized spacial score (nSPS) is 11.2. The molecule has 2 heterocycles. The molecule has 160 valence electrons. The molecular weight excluding hydrogens is 391 g/mol. The number of hydrogen-bond acceptors (Lipinski definition) is 7. The van der Waals surface area contributed by atoms with Gasteiger partial charge in [0.25, 0.3) is 5.91 Å². The van der Waals surface area contributed by atoms with Crippen LogP contribution in [0.15, 0.2) is 36.4 Å². The van der Waals surface area contributed by atoms with E-state index in [1.54, 1.807) is 16.6 Å². The maximum Gasteiger partial charge on any atom is 0.251 e. The highest BCUT2D eigenvalue weighted by Crippen LogP contribution is 2.09. The monoisotopic (exact) mass is 416 g/mol. The molecule has 0 atom stereocenters. The van der Waals surface area contributed by atoms with E-state index in [2.05, 4.69) is 25.9 Å². The lowest BCUT2D eigenvalue weighted by Gasteiger charge is -2.17. The summed E-state index contributed by atoms with van der Waals surface area (Å²) in [6.07, 6.45) is 0.0741. The highest BCUT2D eigenvalue weighted by atomic mass is 19.1. The van der Waals surface area contributed by atoms with Crippen molar-refractivity contribution in [3.05, 3.63) is 53.6 Å². The molecule has 0 radical (unpaired) electrons. The predicted octanol–water partition coefficient (Wildman–Crippen LogP) is 2.05. The zero-order valence-electron chi connectivity index (χ0n) is 17.0. The van der Waals surface area contributed by atoms with Crippen LogP contribution in [0.5, 0.6) is 0 Å². The number of ether oxygens (including phenoxy) is 2. The molecule has 0 aliphatic heterocycles. The van der Waals surface area contributed by atoms with Gasteiger partial charge in [-0.25, -0.2) is 4.39 Å². The first-order valence-electron chi connectivity index (χ1n) is 9.83. The molecule has 2 aromatic heterocycles. The summed E-state index contributed by atoms with van der Waals surface area (Å²) >= 11 is 0. The highest BCUT2D eigenvalue weighted by molar-refractivity contribution is 5.94. The number of benzene rings is 1. The van der Waals surface area contributed by atoms with Crippen molar-refractivity contribution in [2.75, 3.05) is 31.6 Å². The molecule has 0 unspecified atom stereocenters. The molecule has 0 aliphatic carbocycles. The Balaban J connectivity index is 1.59. The third kappa shape index (κ3) is 5.71. The van der Waals surface area contributed by atoms with Gasteiger partial charge in [0.2, 0.25) is 0 Å². The Bertz CT molecular complexity index is 957. The molecule has 0 fully saturated rings. The Labute approximate surface area is 173 Å². The fourth-order valence-electron chi connectivity index (χ4n) is 2.80. The number of hydrogen-bond donors (Lipinski definition) is 2. The van der Waals surface area contributed by atoms with Crippen molar-refractivity contribution in [3.63, 3.8) is 0 Å². The molecule has 10 heteroatoms. The van der Waals surface area contributed by atoms with Crippen molar-refractivity contribution in [2.24, 2.45) is 0 Å². The van der Waals surface area contributed by atoms with Gasteiger partial charge in [-0.05, 0) is 50.2 Å². The van der Waals surface area contributed by atoms with E-state index in [0.29, 0.717) is 55.6 Å². The maximum atomic E-state index is 13.0. The SMILES string of the molecule is CCOC(CNc1ccc2nnc(CCNC(=O)c3ccc(F)cc3)n2n1)OCC. The number of carbonyl (C=O) groups is 1. The van der Waals surface area contributed by atoms with Gasteiger partial charge in [0.15, 0.2) is 17.8 Å². The van der Waals surface area contributed by atoms with E-state index in [4.69, 9.17) is 9.47 Å². The van der Waals surface area contributed by atoms with Crippen LogP contribution >= 0.6 is 0 Å². The number of fused-ring (bicyclic) bond motifs is 1. The summed E-state index contributed by atoms with van der Waals surface area (Å²) in [4.78, 5) is 12.1. The van der Waals surface area contributed by atoms with Crippen LogP contribution in [-0.2, 0) is 15.9 Å². The average Bonchev–Trinajstić information content (AvgIpc) is 3.15. The van der Waals surface area contributed by atoms with E-state index < -0.39 is 0 Å². The highest BCUT2D eigenvalue weighted by Gasteiger charge is 2.11. The summed E-state index contributed by atoms with van der Waals surface area (Å²) in [5, 5.41) is 18.7. The van der Waals surface area contributed by atoms with Crippen LogP contribution in [0.3, 0.4) is 0 Å². The van der Waals surface area contributed by atoms with Gasteiger partial charge < -0.3 is 20.1 Å². The maximum absolute atomic E-state index is 13.0. The smallest absolute Gasteiger partial charge is 0.251 e. The van der Waals surface area contributed by atoms with Crippen LogP contribution in [-0.4, -0.2) is 58.3 Å². The predicted molar refractivity (Wildman–Crippen MR) is 109 cm³/mol. The number of nitrogens with one attached hydrogen (secondary N) is 2. The van der Waals surface area contributed by atoms with Crippen LogP contribution in [0.4, 0.5) is 10.2 Å². The van der Waals surface area contributed by atoms with Gasteiger partial charge in [-0.1, -0.05) is 0 Å². The summed E-state index contributed by atoms with van der Waals surface area (Å²) in [6.45, 7) is 5.72. The summed E-state index contributed by atoms with van der Waals surface area (Å²) < 4.78 is 25.6. The Morgan fingerprint density at radius 1 is 1.10 bits per heavy atom. The molecular formula is C20H25FN6O3. The minimum atomic E-state index is -0.384. The first-order chi connectivity index (χ1) is 14.6. The first kappa shape index (κ1) is 21.6. The van der Waals surface area contributed by atoms with E-state index in [1.807, 2.05) is 13.8 Å². The number of anilines is 1. The largest absolute Gasteiger partial charge is 0.364 e. The molecule has 9 nitrogen and oxygen atoms in total. The van der Waals surface area contributed by atoms with Gasteiger partial charge in [0.1, 0.15) is 11.6 Å². The minimum absolute atomic E-state index is 0.281. The van der Waals surface area contributed by atoms with E-state index >= 15 is 0 Å². The van der Waals surface area contributed by atoms with Crippen molar-refractivity contribution in [1.29, 1.82) is 0 Å². The topological polar surface area (TPSA) is 103 Å². The van der Waals surface area contributed by atoms with Crippen LogP contribution < -0.4 is 10.6 Å². The lowest BCUT2D eigenvalue weighted by molar-refractivity contribution is -0.126. The second-order valence-electron chi connectivity index (χ2n) is 6.34. The summed E-state index contributed by atoms with van der Waals surface area (Å²) in [6, 6.07) is 8.99. The molecule has 0 saturated heterocycles. The number of nitrogens with zero attached hydrogens (tertiary/aromatic N) is 4. The van der Waals surface area contributed by atoms with Gasteiger partial charge in [-0.15, -0.1) is 15.3 Å². The average molecular weight is 416 g/mol. The zero-order chi connectivity index (χ0) is 21.3. The molecule has 3 rings (SSSR count). The van der Waals surface area contributed by atoms with Gasteiger partial charge in [-0.3, -0.25) is 4.79 Å². The summed E-state index contributed by atoms with van der Waals surface area (Å²) in [7, 11) is 0. The standard InChI is InChI=1S/C20H25FN6O3/c1-3-29-19(30-4-2)13-23-16-9-10-17-24-25-18(27(17)26-16)11-12-22-20(28)14-5-7-15(21)8-6-14/h5-10,19H,3-4,11-13H2,1-2H3,(H,22,28)(H,23,26). The number of rotatable bonds is 11. The molecule has 0 saturated carbocycles. The summed E-state index contributed by atoms with van der Waals surface area (Å²) in [5.41, 5.74) is 0.997. The van der Waals surface area contributed by atoms with E-state index in [-0.39, 0.29) is 18.0 Å². The zero-order valence-corrected chi connectivity index (χ0v) is 17.0. The number of amides is 1. The van der Waals surface area contributed by atoms with Crippen LogP contribution in [0, 0.1) is 5.82 Å². The van der Waals surface area contributed by atoms with Crippen LogP contribution in [0.1, 0.15) is 30.0 Å². The molecule has 3 aromatic rings. The van der Waals surface area contributed by atoms with Gasteiger partial charge in [-0.2, -0.15) is 4.52 Å². The van der Waals surface area contributed by atoms with Crippen molar-refractivity contribution < 1.29 is 18.7 Å². The summed E-state index contributed by atoms with van der Waals surface area (Å²) in [5.74, 6) is 0.574. The number of aromatic nitrogens is 4. The molecule has 30 heavy (non-hydrogen) atoms. The third-order valence-electron chi connectivity index (χ3n) is 4.22. The van der Waals surface area contributed by atoms with E-state index in [9.17, 15) is 9.18 Å². The van der Waals surface area contributed by atoms with Crippen molar-refractivity contribution in [3.8, 4) is 0 Å². The molecule has 2 N–H and O–H groups in total. The Kier molecular flexibility index (Phi) is 7.63. The Hall–Kier alpha value is -3.11. The van der Waals surface area contributed by atoms with Gasteiger partial charge >= 0.3 is 0 Å². The molecule has 1 amide bonds. The molecule has 0 spiro atoms. The Morgan fingerprint density at radius 2 is 1.83 bits per heavy atom. The third-order valence-corrected chi connectivity index (χ3v) is 4.22. The Morgan fingerprint density at radius 3 is 2.53 bits per heavy atom.